The molecule has 0 saturated heterocycles. The fraction of sp³-hybridized carbons (Fsp3) is 0.188. The van der Waals surface area contributed by atoms with Gasteiger partial charge in [-0.2, -0.15) is 0 Å². The number of aryl methyl sites for hydroxylation is 1. The molecule has 2 aromatic carbocycles. The predicted octanol–water partition coefficient (Wildman–Crippen LogP) is 4.65. The quantitative estimate of drug-likeness (QED) is 0.679. The lowest BCUT2D eigenvalue weighted by atomic mass is 10.2. The highest BCUT2D eigenvalue weighted by Crippen LogP contribution is 2.30. The van der Waals surface area contributed by atoms with Crippen LogP contribution in [-0.4, -0.2) is 19.7 Å². The first-order chi connectivity index (χ1) is 11.1. The van der Waals surface area contributed by atoms with E-state index in [9.17, 15) is 13.2 Å². The highest BCUT2D eigenvalue weighted by molar-refractivity contribution is 7.93. The Bertz CT molecular complexity index is 867. The smallest absolute Gasteiger partial charge is 0.265 e. The van der Waals surface area contributed by atoms with Crippen LogP contribution in [0.15, 0.2) is 47.4 Å². The summed E-state index contributed by atoms with van der Waals surface area (Å²) in [5.74, 6) is 0. The van der Waals surface area contributed by atoms with Gasteiger partial charge in [0, 0.05) is 10.0 Å². The lowest BCUT2D eigenvalue weighted by Gasteiger charge is -2.28. The van der Waals surface area contributed by atoms with E-state index in [0.717, 1.165) is 4.31 Å². The van der Waals surface area contributed by atoms with Crippen molar-refractivity contribution in [2.75, 3.05) is 4.31 Å². The van der Waals surface area contributed by atoms with Gasteiger partial charge in [0.1, 0.15) is 6.04 Å². The number of carbonyl (C=O) groups excluding carboxylic acids is 1. The van der Waals surface area contributed by atoms with E-state index in [1.54, 1.807) is 19.1 Å². The number of carbonyl (C=O) groups is 1. The molecular formula is C16H14Cl3NO3S. The van der Waals surface area contributed by atoms with E-state index >= 15 is 0 Å². The summed E-state index contributed by atoms with van der Waals surface area (Å²) in [6.07, 6.45) is 0. The van der Waals surface area contributed by atoms with Gasteiger partial charge in [0.15, 0.2) is 0 Å². The molecule has 0 spiro atoms. The van der Waals surface area contributed by atoms with Crippen molar-refractivity contribution >= 4 is 55.8 Å². The normalized spacial score (nSPS) is 12.7. The monoisotopic (exact) mass is 405 g/mol. The van der Waals surface area contributed by atoms with Gasteiger partial charge in [-0.05, 0) is 73.5 Å². The van der Waals surface area contributed by atoms with Crippen LogP contribution in [0.1, 0.15) is 12.5 Å². The predicted molar refractivity (Wildman–Crippen MR) is 97.6 cm³/mol. The molecule has 0 saturated carbocycles. The molecule has 0 heterocycles. The molecule has 0 N–H and O–H groups in total. The molecule has 0 amide bonds. The molecule has 0 bridgehead atoms. The first kappa shape index (κ1) is 19.1. The molecule has 0 fully saturated rings. The number of nitrogens with zero attached hydrogens (tertiary/aromatic N) is 1. The summed E-state index contributed by atoms with van der Waals surface area (Å²) in [7, 11) is -4.02. The number of rotatable bonds is 5. The molecule has 0 aromatic heterocycles. The topological polar surface area (TPSA) is 54.5 Å². The number of hydrogen-bond acceptors (Lipinski definition) is 3. The van der Waals surface area contributed by atoms with Crippen molar-refractivity contribution in [2.24, 2.45) is 0 Å². The lowest BCUT2D eigenvalue weighted by molar-refractivity contribution is -0.112. The van der Waals surface area contributed by atoms with Crippen LogP contribution < -0.4 is 4.31 Å². The van der Waals surface area contributed by atoms with Crippen molar-refractivity contribution in [3.05, 3.63) is 58.1 Å². The first-order valence-corrected chi connectivity index (χ1v) is 9.47. The zero-order valence-corrected chi connectivity index (χ0v) is 15.9. The molecule has 4 nitrogen and oxygen atoms in total. The maximum Gasteiger partial charge on any atom is 0.265 e. The number of hydrogen-bond donors (Lipinski definition) is 0. The van der Waals surface area contributed by atoms with Crippen molar-refractivity contribution < 1.29 is 13.2 Å². The van der Waals surface area contributed by atoms with E-state index < -0.39 is 21.3 Å². The van der Waals surface area contributed by atoms with Crippen LogP contribution in [0.5, 0.6) is 0 Å². The molecule has 8 heteroatoms. The van der Waals surface area contributed by atoms with E-state index in [1.807, 2.05) is 0 Å². The van der Waals surface area contributed by atoms with E-state index in [2.05, 4.69) is 0 Å². The summed E-state index contributed by atoms with van der Waals surface area (Å²) >= 11 is 17.4. The highest BCUT2D eigenvalue weighted by atomic mass is 35.5. The number of anilines is 1. The Morgan fingerprint density at radius 2 is 1.67 bits per heavy atom. The van der Waals surface area contributed by atoms with E-state index in [1.165, 1.54) is 37.3 Å². The summed E-state index contributed by atoms with van der Waals surface area (Å²) in [6, 6.07) is 9.28. The summed E-state index contributed by atoms with van der Waals surface area (Å²) < 4.78 is 27.0. The van der Waals surface area contributed by atoms with Crippen LogP contribution in [0.25, 0.3) is 0 Å². The Balaban J connectivity index is 2.63. The minimum absolute atomic E-state index is 0.00395. The summed E-state index contributed by atoms with van der Waals surface area (Å²) in [5.41, 5.74) is 0.980. The van der Waals surface area contributed by atoms with Crippen LogP contribution in [0.4, 0.5) is 5.69 Å². The Labute approximate surface area is 156 Å². The molecule has 128 valence electrons. The summed E-state index contributed by atoms with van der Waals surface area (Å²) in [6.45, 7) is 3.17. The van der Waals surface area contributed by atoms with Crippen LogP contribution in [0.2, 0.25) is 10.0 Å². The Kier molecular flexibility index (Phi) is 5.81. The van der Waals surface area contributed by atoms with Gasteiger partial charge in [-0.1, -0.05) is 23.2 Å². The SMILES string of the molecule is Cc1cc(N(C(C)C(=O)Cl)S(=O)(=O)c2ccc(Cl)cc2)ccc1Cl. The van der Waals surface area contributed by atoms with Crippen molar-refractivity contribution in [3.8, 4) is 0 Å². The summed E-state index contributed by atoms with van der Waals surface area (Å²) in [4.78, 5) is 11.7. The highest BCUT2D eigenvalue weighted by Gasteiger charge is 2.32. The standard InChI is InChI=1S/C16H14Cl3NO3S/c1-10-9-13(5-8-15(10)18)20(11(2)16(19)21)24(22,23)14-6-3-12(17)4-7-14/h3-9,11H,1-2H3. The van der Waals surface area contributed by atoms with Gasteiger partial charge < -0.3 is 0 Å². The van der Waals surface area contributed by atoms with Crippen molar-refractivity contribution in [1.29, 1.82) is 0 Å². The minimum atomic E-state index is -4.02. The number of benzene rings is 2. The van der Waals surface area contributed by atoms with Gasteiger partial charge in [-0.25, -0.2) is 8.42 Å². The van der Waals surface area contributed by atoms with Crippen molar-refractivity contribution in [2.45, 2.75) is 24.8 Å². The zero-order chi connectivity index (χ0) is 18.1. The maximum atomic E-state index is 13.0. The second kappa shape index (κ2) is 7.31. The Morgan fingerprint density at radius 3 is 2.17 bits per heavy atom. The molecular weight excluding hydrogens is 393 g/mol. The maximum absolute atomic E-state index is 13.0. The minimum Gasteiger partial charge on any atom is -0.279 e. The van der Waals surface area contributed by atoms with Gasteiger partial charge in [0.05, 0.1) is 10.6 Å². The first-order valence-electron chi connectivity index (χ1n) is 6.90. The molecule has 0 radical (unpaired) electrons. The fourth-order valence-corrected chi connectivity index (χ4v) is 4.16. The summed E-state index contributed by atoms with van der Waals surface area (Å²) in [5, 5.41) is 0.108. The van der Waals surface area contributed by atoms with Gasteiger partial charge in [0.25, 0.3) is 10.0 Å². The molecule has 0 aliphatic heterocycles. The average molecular weight is 407 g/mol. The molecule has 2 aromatic rings. The largest absolute Gasteiger partial charge is 0.279 e. The van der Waals surface area contributed by atoms with Crippen LogP contribution in [-0.2, 0) is 14.8 Å². The van der Waals surface area contributed by atoms with Crippen LogP contribution in [0, 0.1) is 6.92 Å². The molecule has 2 rings (SSSR count). The zero-order valence-electron chi connectivity index (χ0n) is 12.8. The van der Waals surface area contributed by atoms with Crippen molar-refractivity contribution in [3.63, 3.8) is 0 Å². The third-order valence-electron chi connectivity index (χ3n) is 3.45. The average Bonchev–Trinajstić information content (AvgIpc) is 2.51. The number of sulfonamides is 1. The van der Waals surface area contributed by atoms with E-state index in [0.29, 0.717) is 21.3 Å². The second-order valence-electron chi connectivity index (χ2n) is 5.17. The van der Waals surface area contributed by atoms with Crippen LogP contribution in [0.3, 0.4) is 0 Å². The second-order valence-corrected chi connectivity index (χ2v) is 8.20. The van der Waals surface area contributed by atoms with Crippen molar-refractivity contribution in [1.82, 2.24) is 0 Å². The third kappa shape index (κ3) is 3.86. The van der Waals surface area contributed by atoms with Gasteiger partial charge >= 0.3 is 0 Å². The molecule has 1 unspecified atom stereocenters. The van der Waals surface area contributed by atoms with Gasteiger partial charge in [-0.3, -0.25) is 9.10 Å². The van der Waals surface area contributed by atoms with Crippen LogP contribution >= 0.6 is 34.8 Å². The Morgan fingerprint density at radius 1 is 1.08 bits per heavy atom. The van der Waals surface area contributed by atoms with E-state index in [-0.39, 0.29) is 4.90 Å². The fourth-order valence-electron chi connectivity index (χ4n) is 2.15. The van der Waals surface area contributed by atoms with E-state index in [4.69, 9.17) is 34.8 Å². The third-order valence-corrected chi connectivity index (χ3v) is 6.35. The molecule has 24 heavy (non-hydrogen) atoms. The molecule has 0 aliphatic carbocycles. The molecule has 0 aliphatic rings. The molecule has 1 atom stereocenters. The Hall–Kier alpha value is -1.27. The van der Waals surface area contributed by atoms with Gasteiger partial charge in [-0.15, -0.1) is 0 Å². The number of halogens is 3. The van der Waals surface area contributed by atoms with Gasteiger partial charge in [0.2, 0.25) is 5.24 Å². The lowest BCUT2D eigenvalue weighted by Crippen LogP contribution is -2.42.